The van der Waals surface area contributed by atoms with Crippen molar-refractivity contribution in [3.8, 4) is 22.8 Å². The van der Waals surface area contributed by atoms with Gasteiger partial charge in [-0.3, -0.25) is 4.40 Å². The van der Waals surface area contributed by atoms with E-state index in [9.17, 15) is 0 Å². The molecule has 0 unspecified atom stereocenters. The van der Waals surface area contributed by atoms with Crippen molar-refractivity contribution < 1.29 is 9.47 Å². The van der Waals surface area contributed by atoms with E-state index in [1.165, 1.54) is 25.7 Å². The number of ether oxygens (including phenoxy) is 2. The molecule has 0 amide bonds. The monoisotopic (exact) mass is 484 g/mol. The van der Waals surface area contributed by atoms with Crippen LogP contribution in [0.15, 0.2) is 48.8 Å². The Morgan fingerprint density at radius 2 is 1.92 bits per heavy atom. The second kappa shape index (κ2) is 9.60. The number of nitrogens with one attached hydrogen (secondary N) is 2. The Bertz CT molecular complexity index is 1390. The molecule has 4 aromatic rings. The van der Waals surface area contributed by atoms with Crippen LogP contribution >= 0.6 is 0 Å². The molecule has 8 nitrogen and oxygen atoms in total. The first-order valence-corrected chi connectivity index (χ1v) is 12.8. The van der Waals surface area contributed by atoms with Gasteiger partial charge in [0.1, 0.15) is 18.1 Å². The zero-order chi connectivity index (χ0) is 24.5. The van der Waals surface area contributed by atoms with Gasteiger partial charge in [-0.15, -0.1) is 0 Å². The van der Waals surface area contributed by atoms with E-state index in [0.29, 0.717) is 12.4 Å². The number of nitrogens with zero attached hydrogens (tertiary/aromatic N) is 4. The Kier molecular flexibility index (Phi) is 6.01. The van der Waals surface area contributed by atoms with Gasteiger partial charge in [-0.05, 0) is 50.1 Å². The first-order chi connectivity index (χ1) is 17.7. The van der Waals surface area contributed by atoms with Crippen LogP contribution in [-0.4, -0.2) is 47.7 Å². The van der Waals surface area contributed by atoms with Crippen LogP contribution in [0.1, 0.15) is 31.4 Å². The number of imidazole rings is 1. The van der Waals surface area contributed by atoms with Gasteiger partial charge in [-0.2, -0.15) is 0 Å². The van der Waals surface area contributed by atoms with Crippen molar-refractivity contribution in [2.24, 2.45) is 0 Å². The molecule has 1 saturated heterocycles. The Hall–Kier alpha value is -3.94. The molecule has 6 rings (SSSR count). The molecule has 1 fully saturated rings. The minimum Gasteiger partial charge on any atom is -0.495 e. The lowest BCUT2D eigenvalue weighted by molar-refractivity contribution is 0.323. The first-order valence-electron chi connectivity index (χ1n) is 12.8. The highest BCUT2D eigenvalue weighted by atomic mass is 16.5. The molecule has 2 aromatic heterocycles. The molecular formula is C28H32N6O2. The van der Waals surface area contributed by atoms with E-state index in [-0.39, 0.29) is 0 Å². The summed E-state index contributed by atoms with van der Waals surface area (Å²) in [7, 11) is 1.74. The number of rotatable bonds is 5. The van der Waals surface area contributed by atoms with Crippen molar-refractivity contribution in [1.29, 1.82) is 0 Å². The highest BCUT2D eigenvalue weighted by Crippen LogP contribution is 2.36. The largest absolute Gasteiger partial charge is 0.495 e. The van der Waals surface area contributed by atoms with Crippen LogP contribution in [0.4, 0.5) is 22.9 Å². The molecule has 0 spiro atoms. The lowest BCUT2D eigenvalue weighted by Gasteiger charge is -2.25. The van der Waals surface area contributed by atoms with Crippen molar-refractivity contribution in [1.82, 2.24) is 14.4 Å². The Morgan fingerprint density at radius 3 is 2.75 bits per heavy atom. The standard InChI is InChI=1S/C28H32N6O2/c1-19-26(20-7-10-24-22(17-20)29-12-16-36-24)32-27(28-30-11-15-34(19)28)31-21-8-9-23(25(18-21)35-2)33-13-5-3-4-6-14-33/h7-11,15,17-18,29H,3-6,12-14,16H2,1-2H3,(H,31,32). The van der Waals surface area contributed by atoms with Gasteiger partial charge in [0.2, 0.25) is 0 Å². The van der Waals surface area contributed by atoms with E-state index < -0.39 is 0 Å². The lowest BCUT2D eigenvalue weighted by atomic mass is 10.1. The molecule has 2 N–H and O–H groups in total. The minimum atomic E-state index is 0.679. The second-order valence-corrected chi connectivity index (χ2v) is 9.41. The van der Waals surface area contributed by atoms with Crippen LogP contribution in [0.2, 0.25) is 0 Å². The van der Waals surface area contributed by atoms with Gasteiger partial charge >= 0.3 is 0 Å². The zero-order valence-electron chi connectivity index (χ0n) is 20.9. The third-order valence-corrected chi connectivity index (χ3v) is 7.10. The molecule has 2 aliphatic rings. The number of fused-ring (bicyclic) bond motifs is 2. The highest BCUT2D eigenvalue weighted by molar-refractivity contribution is 5.79. The average molecular weight is 485 g/mol. The van der Waals surface area contributed by atoms with Gasteiger partial charge in [0.15, 0.2) is 11.5 Å². The number of aryl methyl sites for hydroxylation is 1. The lowest BCUT2D eigenvalue weighted by Crippen LogP contribution is -2.24. The van der Waals surface area contributed by atoms with E-state index in [4.69, 9.17) is 14.5 Å². The maximum atomic E-state index is 5.81. The van der Waals surface area contributed by atoms with E-state index in [1.54, 1.807) is 7.11 Å². The quantitative estimate of drug-likeness (QED) is 0.380. The zero-order valence-corrected chi connectivity index (χ0v) is 20.9. The molecule has 0 bridgehead atoms. The fourth-order valence-corrected chi connectivity index (χ4v) is 5.22. The van der Waals surface area contributed by atoms with Crippen LogP contribution in [-0.2, 0) is 0 Å². The maximum Gasteiger partial charge on any atom is 0.180 e. The van der Waals surface area contributed by atoms with Gasteiger partial charge < -0.3 is 25.0 Å². The number of methoxy groups -OCH3 is 1. The number of aromatic nitrogens is 3. The normalized spacial score (nSPS) is 15.6. The minimum absolute atomic E-state index is 0.679. The number of hydrogen-bond donors (Lipinski definition) is 2. The van der Waals surface area contributed by atoms with Crippen molar-refractivity contribution in [3.63, 3.8) is 0 Å². The van der Waals surface area contributed by atoms with Crippen molar-refractivity contribution in [2.45, 2.75) is 32.6 Å². The van der Waals surface area contributed by atoms with Gasteiger partial charge in [0, 0.05) is 55.0 Å². The van der Waals surface area contributed by atoms with Crippen molar-refractivity contribution in [2.75, 3.05) is 48.9 Å². The number of hydrogen-bond acceptors (Lipinski definition) is 7. The molecule has 0 aliphatic carbocycles. The van der Waals surface area contributed by atoms with Gasteiger partial charge in [-0.1, -0.05) is 12.8 Å². The van der Waals surface area contributed by atoms with E-state index >= 15 is 0 Å². The smallest absolute Gasteiger partial charge is 0.180 e. The SMILES string of the molecule is COc1cc(Nc2nc(-c3ccc4c(c3)NCCO4)c(C)n3ccnc23)ccc1N1CCCCCC1. The number of benzene rings is 2. The topological polar surface area (TPSA) is 75.9 Å². The summed E-state index contributed by atoms with van der Waals surface area (Å²) in [5.74, 6) is 2.45. The third kappa shape index (κ3) is 4.17. The summed E-state index contributed by atoms with van der Waals surface area (Å²) >= 11 is 0. The molecule has 0 radical (unpaired) electrons. The first kappa shape index (κ1) is 22.5. The van der Waals surface area contributed by atoms with Crippen molar-refractivity contribution >= 4 is 28.5 Å². The summed E-state index contributed by atoms with van der Waals surface area (Å²) in [6, 6.07) is 12.5. The summed E-state index contributed by atoms with van der Waals surface area (Å²) in [5.41, 5.74) is 6.79. The van der Waals surface area contributed by atoms with E-state index in [2.05, 4.69) is 62.2 Å². The molecule has 2 aromatic carbocycles. The molecule has 8 heteroatoms. The van der Waals surface area contributed by atoms with Gasteiger partial charge in [0.25, 0.3) is 0 Å². The second-order valence-electron chi connectivity index (χ2n) is 9.41. The predicted octanol–water partition coefficient (Wildman–Crippen LogP) is 5.64. The van der Waals surface area contributed by atoms with Gasteiger partial charge in [-0.25, -0.2) is 9.97 Å². The predicted molar refractivity (Wildman–Crippen MR) is 144 cm³/mol. The van der Waals surface area contributed by atoms with Crippen LogP contribution in [0.25, 0.3) is 16.9 Å². The van der Waals surface area contributed by atoms with Crippen LogP contribution in [0.3, 0.4) is 0 Å². The average Bonchev–Trinajstić information content (AvgIpc) is 3.27. The van der Waals surface area contributed by atoms with Crippen molar-refractivity contribution in [3.05, 3.63) is 54.5 Å². The summed E-state index contributed by atoms with van der Waals surface area (Å²) in [4.78, 5) is 12.1. The molecule has 36 heavy (non-hydrogen) atoms. The maximum absolute atomic E-state index is 5.81. The fraction of sp³-hybridized carbons (Fsp3) is 0.357. The van der Waals surface area contributed by atoms with E-state index in [0.717, 1.165) is 70.8 Å². The Labute approximate surface area is 211 Å². The highest BCUT2D eigenvalue weighted by Gasteiger charge is 2.18. The summed E-state index contributed by atoms with van der Waals surface area (Å²) < 4.78 is 13.7. The molecule has 186 valence electrons. The Balaban J connectivity index is 1.37. The molecule has 2 aliphatic heterocycles. The van der Waals surface area contributed by atoms with Crippen LogP contribution < -0.4 is 25.0 Å². The van der Waals surface area contributed by atoms with Gasteiger partial charge in [0.05, 0.1) is 24.2 Å². The summed E-state index contributed by atoms with van der Waals surface area (Å²) in [6.07, 6.45) is 8.83. The third-order valence-electron chi connectivity index (χ3n) is 7.10. The summed E-state index contributed by atoms with van der Waals surface area (Å²) in [6.45, 7) is 5.69. The molecule has 4 heterocycles. The molecular weight excluding hydrogens is 452 g/mol. The fourth-order valence-electron chi connectivity index (χ4n) is 5.22. The van der Waals surface area contributed by atoms with E-state index in [1.807, 2.05) is 18.5 Å². The summed E-state index contributed by atoms with van der Waals surface area (Å²) in [5, 5.41) is 6.94. The Morgan fingerprint density at radius 1 is 1.06 bits per heavy atom. The number of anilines is 4. The molecule has 0 saturated carbocycles. The van der Waals surface area contributed by atoms with Crippen LogP contribution in [0.5, 0.6) is 11.5 Å². The molecule has 0 atom stereocenters. The van der Waals surface area contributed by atoms with Crippen LogP contribution in [0, 0.1) is 6.92 Å².